The third kappa shape index (κ3) is 2.10. The van der Waals surface area contributed by atoms with E-state index in [0.29, 0.717) is 17.9 Å². The summed E-state index contributed by atoms with van der Waals surface area (Å²) in [4.78, 5) is 11.2. The Balaban J connectivity index is 2.94. The molecule has 0 unspecified atom stereocenters. The summed E-state index contributed by atoms with van der Waals surface area (Å²) in [5, 5.41) is 4.75. The van der Waals surface area contributed by atoms with Crippen molar-refractivity contribution >= 4 is 17.4 Å². The van der Waals surface area contributed by atoms with Crippen LogP contribution in [0.3, 0.4) is 0 Å². The largest absolute Gasteiger partial charge is 0.299 e. The molecule has 0 atom stereocenters. The molecule has 0 aliphatic heterocycles. The smallest absolute Gasteiger partial charge is 0.138 e. The Labute approximate surface area is 82.7 Å². The van der Waals surface area contributed by atoms with Crippen LogP contribution >= 0.6 is 11.6 Å². The quantitative estimate of drug-likeness (QED) is 0.747. The molecule has 0 bridgehead atoms. The van der Waals surface area contributed by atoms with Gasteiger partial charge in [-0.2, -0.15) is 5.10 Å². The van der Waals surface area contributed by atoms with Crippen LogP contribution in [0.1, 0.15) is 24.7 Å². The average Bonchev–Trinajstić information content (AvgIpc) is 2.32. The fraction of sp³-hybridized carbons (Fsp3) is 0.556. The first kappa shape index (κ1) is 10.3. The second-order valence-electron chi connectivity index (χ2n) is 3.04. The number of carbonyl (C=O) groups is 1. The first-order valence-corrected chi connectivity index (χ1v) is 4.63. The predicted octanol–water partition coefficient (Wildman–Crippen LogP) is 1.90. The van der Waals surface area contributed by atoms with Gasteiger partial charge in [-0.1, -0.05) is 18.5 Å². The Kier molecular flexibility index (Phi) is 3.09. The lowest BCUT2D eigenvalue weighted by Crippen LogP contribution is -2.06. The summed E-state index contributed by atoms with van der Waals surface area (Å²) < 4.78 is 1.67. The average molecular weight is 201 g/mol. The zero-order valence-corrected chi connectivity index (χ0v) is 8.85. The Bertz CT molecular complexity index is 331. The molecule has 0 saturated carbocycles. The molecule has 0 fully saturated rings. The molecular weight excluding hydrogens is 188 g/mol. The Morgan fingerprint density at radius 3 is 2.62 bits per heavy atom. The van der Waals surface area contributed by atoms with Crippen LogP contribution in [0, 0.1) is 6.92 Å². The maximum atomic E-state index is 11.2. The van der Waals surface area contributed by atoms with Crippen LogP contribution in [0.4, 0.5) is 0 Å². The van der Waals surface area contributed by atoms with Crippen molar-refractivity contribution in [2.24, 2.45) is 7.05 Å². The molecule has 0 aliphatic carbocycles. The molecular formula is C9H13ClN2O. The first-order chi connectivity index (χ1) is 6.06. The summed E-state index contributed by atoms with van der Waals surface area (Å²) in [5.74, 6) is 0.185. The summed E-state index contributed by atoms with van der Waals surface area (Å²) in [6.07, 6.45) is 0.924. The highest BCUT2D eigenvalue weighted by atomic mass is 35.5. The van der Waals surface area contributed by atoms with Crippen molar-refractivity contribution in [1.29, 1.82) is 0 Å². The van der Waals surface area contributed by atoms with Crippen LogP contribution in [-0.2, 0) is 18.3 Å². The maximum Gasteiger partial charge on any atom is 0.138 e. The van der Waals surface area contributed by atoms with Gasteiger partial charge in [0.05, 0.1) is 16.4 Å². The van der Waals surface area contributed by atoms with E-state index in [1.807, 2.05) is 13.8 Å². The van der Waals surface area contributed by atoms with Gasteiger partial charge < -0.3 is 0 Å². The molecule has 1 aromatic rings. The van der Waals surface area contributed by atoms with E-state index in [9.17, 15) is 4.79 Å². The molecule has 0 spiro atoms. The third-order valence-corrected chi connectivity index (χ3v) is 2.51. The van der Waals surface area contributed by atoms with Crippen molar-refractivity contribution < 1.29 is 4.79 Å². The number of aryl methyl sites for hydroxylation is 2. The number of rotatable bonds is 3. The maximum absolute atomic E-state index is 11.2. The van der Waals surface area contributed by atoms with Crippen LogP contribution in [0.25, 0.3) is 0 Å². The van der Waals surface area contributed by atoms with Gasteiger partial charge in [0.1, 0.15) is 5.78 Å². The van der Waals surface area contributed by atoms with Crippen LogP contribution in [-0.4, -0.2) is 15.6 Å². The number of carbonyl (C=O) groups excluding carboxylic acids is 1. The van der Waals surface area contributed by atoms with Crippen molar-refractivity contribution in [2.45, 2.75) is 26.7 Å². The zero-order valence-electron chi connectivity index (χ0n) is 8.09. The second kappa shape index (κ2) is 3.92. The van der Waals surface area contributed by atoms with Crippen LogP contribution in [0.2, 0.25) is 5.02 Å². The molecule has 1 rings (SSSR count). The van der Waals surface area contributed by atoms with Crippen molar-refractivity contribution in [2.75, 3.05) is 0 Å². The van der Waals surface area contributed by atoms with Gasteiger partial charge >= 0.3 is 0 Å². The summed E-state index contributed by atoms with van der Waals surface area (Å²) in [6.45, 7) is 3.68. The third-order valence-electron chi connectivity index (χ3n) is 2.02. The highest BCUT2D eigenvalue weighted by Crippen LogP contribution is 2.20. The molecule has 1 heterocycles. The minimum atomic E-state index is 0.185. The van der Waals surface area contributed by atoms with Crippen molar-refractivity contribution in [1.82, 2.24) is 9.78 Å². The van der Waals surface area contributed by atoms with Gasteiger partial charge in [-0.15, -0.1) is 0 Å². The lowest BCUT2D eigenvalue weighted by atomic mass is 10.2. The van der Waals surface area contributed by atoms with E-state index in [4.69, 9.17) is 11.6 Å². The monoisotopic (exact) mass is 200 g/mol. The highest BCUT2D eigenvalue weighted by molar-refractivity contribution is 6.32. The fourth-order valence-corrected chi connectivity index (χ4v) is 1.41. The highest BCUT2D eigenvalue weighted by Gasteiger charge is 2.13. The Morgan fingerprint density at radius 1 is 1.62 bits per heavy atom. The minimum absolute atomic E-state index is 0.185. The number of aromatic nitrogens is 2. The number of Topliss-reactive ketones (excluding diaryl/α,β-unsaturated/α-hetero) is 1. The SMILES string of the molecule is CCC(=O)Cc1c(Cl)c(C)nn1C. The first-order valence-electron chi connectivity index (χ1n) is 4.26. The predicted molar refractivity (Wildman–Crippen MR) is 52.0 cm³/mol. The van der Waals surface area contributed by atoms with Crippen LogP contribution in [0.5, 0.6) is 0 Å². The summed E-state index contributed by atoms with van der Waals surface area (Å²) in [7, 11) is 1.80. The van der Waals surface area contributed by atoms with Gasteiger partial charge in [0.25, 0.3) is 0 Å². The minimum Gasteiger partial charge on any atom is -0.299 e. The molecule has 0 amide bonds. The molecule has 0 radical (unpaired) electrons. The molecule has 0 aliphatic rings. The molecule has 72 valence electrons. The summed E-state index contributed by atoms with van der Waals surface area (Å²) >= 11 is 5.98. The number of ketones is 1. The molecule has 0 saturated heterocycles. The van der Waals surface area contributed by atoms with Crippen LogP contribution in [0.15, 0.2) is 0 Å². The van der Waals surface area contributed by atoms with Gasteiger partial charge in [0.2, 0.25) is 0 Å². The van der Waals surface area contributed by atoms with Crippen molar-refractivity contribution in [3.8, 4) is 0 Å². The van der Waals surface area contributed by atoms with E-state index in [0.717, 1.165) is 11.4 Å². The molecule has 0 N–H and O–H groups in total. The van der Waals surface area contributed by atoms with Crippen molar-refractivity contribution in [3.63, 3.8) is 0 Å². The lowest BCUT2D eigenvalue weighted by Gasteiger charge is -1.99. The van der Waals surface area contributed by atoms with Gasteiger partial charge in [0, 0.05) is 19.9 Å². The van der Waals surface area contributed by atoms with Crippen molar-refractivity contribution in [3.05, 3.63) is 16.4 Å². The second-order valence-corrected chi connectivity index (χ2v) is 3.42. The molecule has 13 heavy (non-hydrogen) atoms. The lowest BCUT2D eigenvalue weighted by molar-refractivity contribution is -0.118. The van der Waals surface area contributed by atoms with Gasteiger partial charge in [-0.3, -0.25) is 9.48 Å². The van der Waals surface area contributed by atoms with Crippen LogP contribution < -0.4 is 0 Å². The number of hydrogen-bond donors (Lipinski definition) is 0. The van der Waals surface area contributed by atoms with E-state index in [1.165, 1.54) is 0 Å². The molecule has 3 nitrogen and oxygen atoms in total. The number of hydrogen-bond acceptors (Lipinski definition) is 2. The van der Waals surface area contributed by atoms with E-state index in [1.54, 1.807) is 11.7 Å². The molecule has 4 heteroatoms. The van der Waals surface area contributed by atoms with E-state index < -0.39 is 0 Å². The van der Waals surface area contributed by atoms with E-state index in [2.05, 4.69) is 5.10 Å². The van der Waals surface area contributed by atoms with E-state index >= 15 is 0 Å². The van der Waals surface area contributed by atoms with Gasteiger partial charge in [0.15, 0.2) is 0 Å². The summed E-state index contributed by atoms with van der Waals surface area (Å²) in [6, 6.07) is 0. The van der Waals surface area contributed by atoms with Gasteiger partial charge in [-0.25, -0.2) is 0 Å². The zero-order chi connectivity index (χ0) is 10.0. The summed E-state index contributed by atoms with van der Waals surface area (Å²) in [5.41, 5.74) is 1.59. The number of nitrogens with zero attached hydrogens (tertiary/aromatic N) is 2. The molecule has 1 aromatic heterocycles. The topological polar surface area (TPSA) is 34.9 Å². The van der Waals surface area contributed by atoms with E-state index in [-0.39, 0.29) is 5.78 Å². The fourth-order valence-electron chi connectivity index (χ4n) is 1.18. The number of halogens is 1. The normalized spacial score (nSPS) is 10.5. The Hall–Kier alpha value is -0.830. The van der Waals surface area contributed by atoms with Gasteiger partial charge in [-0.05, 0) is 6.92 Å². The standard InChI is InChI=1S/C9H13ClN2O/c1-4-7(13)5-8-9(10)6(2)11-12(8)3/h4-5H2,1-3H3. The molecule has 0 aromatic carbocycles. The Morgan fingerprint density at radius 2 is 2.23 bits per heavy atom.